The standard InChI is InChI=1S/C18H28BrN5O.HI/c1-6-20-18(21-10-9-15-7-8-16(19)25-15)23(4)11-14-12-24(5)22-17(14)13(2)3;/h7-8,12-13H,6,9-11H2,1-5H3,(H,20,21);1H. The fourth-order valence-corrected chi connectivity index (χ4v) is 3.06. The SMILES string of the molecule is CCNC(=NCCc1ccc(Br)o1)N(C)Cc1cn(C)nc1C(C)C.I. The number of halogens is 2. The molecule has 26 heavy (non-hydrogen) atoms. The van der Waals surface area contributed by atoms with E-state index in [-0.39, 0.29) is 24.0 Å². The molecular weight excluding hydrogens is 509 g/mol. The molecule has 0 fully saturated rings. The topological polar surface area (TPSA) is 58.6 Å². The molecule has 0 saturated heterocycles. The van der Waals surface area contributed by atoms with E-state index < -0.39 is 0 Å². The van der Waals surface area contributed by atoms with Crippen molar-refractivity contribution in [3.05, 3.63) is 40.0 Å². The van der Waals surface area contributed by atoms with Gasteiger partial charge < -0.3 is 14.6 Å². The molecular formula is C18H29BrIN5O. The lowest BCUT2D eigenvalue weighted by Crippen LogP contribution is -2.38. The van der Waals surface area contributed by atoms with Crippen LogP contribution in [0.25, 0.3) is 0 Å². The largest absolute Gasteiger partial charge is 0.454 e. The lowest BCUT2D eigenvalue weighted by Gasteiger charge is -2.22. The van der Waals surface area contributed by atoms with Gasteiger partial charge in [-0.2, -0.15) is 5.10 Å². The molecule has 0 aliphatic rings. The van der Waals surface area contributed by atoms with Crippen LogP contribution in [0.5, 0.6) is 0 Å². The third-order valence-electron chi connectivity index (χ3n) is 3.84. The van der Waals surface area contributed by atoms with E-state index in [1.54, 1.807) is 0 Å². The van der Waals surface area contributed by atoms with E-state index in [1.165, 1.54) is 5.56 Å². The molecule has 2 aromatic rings. The number of aryl methyl sites for hydroxylation is 1. The minimum absolute atomic E-state index is 0. The second kappa shape index (κ2) is 11.0. The average molecular weight is 538 g/mol. The first kappa shape index (κ1) is 23.0. The van der Waals surface area contributed by atoms with Gasteiger partial charge in [-0.15, -0.1) is 24.0 Å². The molecule has 0 unspecified atom stereocenters. The lowest BCUT2D eigenvalue weighted by atomic mass is 10.1. The van der Waals surface area contributed by atoms with E-state index in [4.69, 9.17) is 9.41 Å². The maximum Gasteiger partial charge on any atom is 0.193 e. The Labute approximate surface area is 181 Å². The van der Waals surface area contributed by atoms with Crippen LogP contribution in [0, 0.1) is 0 Å². The third-order valence-corrected chi connectivity index (χ3v) is 4.26. The molecule has 6 nitrogen and oxygen atoms in total. The summed E-state index contributed by atoms with van der Waals surface area (Å²) in [6.07, 6.45) is 2.87. The molecule has 0 aliphatic heterocycles. The van der Waals surface area contributed by atoms with Crippen LogP contribution in [0.15, 0.2) is 32.4 Å². The number of hydrogen-bond donors (Lipinski definition) is 1. The van der Waals surface area contributed by atoms with Gasteiger partial charge in [0, 0.05) is 51.9 Å². The molecule has 0 aromatic carbocycles. The van der Waals surface area contributed by atoms with Crippen molar-refractivity contribution in [1.82, 2.24) is 20.0 Å². The second-order valence-electron chi connectivity index (χ2n) is 6.42. The number of nitrogens with one attached hydrogen (secondary N) is 1. The van der Waals surface area contributed by atoms with Crippen LogP contribution in [-0.4, -0.2) is 40.8 Å². The molecule has 8 heteroatoms. The summed E-state index contributed by atoms with van der Waals surface area (Å²) in [5.74, 6) is 2.23. The van der Waals surface area contributed by atoms with Gasteiger partial charge in [0.05, 0.1) is 5.69 Å². The smallest absolute Gasteiger partial charge is 0.193 e. The van der Waals surface area contributed by atoms with Gasteiger partial charge in [0.1, 0.15) is 5.76 Å². The first-order valence-electron chi connectivity index (χ1n) is 8.66. The van der Waals surface area contributed by atoms with Crippen molar-refractivity contribution in [1.29, 1.82) is 0 Å². The monoisotopic (exact) mass is 537 g/mol. The highest BCUT2D eigenvalue weighted by Crippen LogP contribution is 2.18. The van der Waals surface area contributed by atoms with E-state index in [1.807, 2.05) is 23.9 Å². The number of guanidine groups is 1. The summed E-state index contributed by atoms with van der Waals surface area (Å²) < 4.78 is 8.17. The summed E-state index contributed by atoms with van der Waals surface area (Å²) in [4.78, 5) is 6.87. The highest BCUT2D eigenvalue weighted by molar-refractivity contribution is 14.0. The molecule has 146 valence electrons. The number of aliphatic imine (C=N–C) groups is 1. The molecule has 2 heterocycles. The summed E-state index contributed by atoms with van der Waals surface area (Å²) in [6, 6.07) is 3.88. The van der Waals surface area contributed by atoms with Crippen molar-refractivity contribution in [2.75, 3.05) is 20.1 Å². The van der Waals surface area contributed by atoms with E-state index in [9.17, 15) is 0 Å². The predicted octanol–water partition coefficient (Wildman–Crippen LogP) is 4.16. The first-order chi connectivity index (χ1) is 11.9. The number of nitrogens with zero attached hydrogens (tertiary/aromatic N) is 4. The summed E-state index contributed by atoms with van der Waals surface area (Å²) in [5.41, 5.74) is 2.38. The summed E-state index contributed by atoms with van der Waals surface area (Å²) in [7, 11) is 4.03. The van der Waals surface area contributed by atoms with Gasteiger partial charge in [0.25, 0.3) is 0 Å². The zero-order chi connectivity index (χ0) is 18.4. The van der Waals surface area contributed by atoms with Crippen LogP contribution in [-0.2, 0) is 20.0 Å². The Bertz CT molecular complexity index is 710. The Hall–Kier alpha value is -1.03. The summed E-state index contributed by atoms with van der Waals surface area (Å²) in [6.45, 7) is 8.71. The number of furan rings is 1. The van der Waals surface area contributed by atoms with Gasteiger partial charge in [-0.25, -0.2) is 0 Å². The van der Waals surface area contributed by atoms with Crippen molar-refractivity contribution >= 4 is 45.9 Å². The molecule has 0 amide bonds. The van der Waals surface area contributed by atoms with Gasteiger partial charge in [-0.05, 0) is 40.9 Å². The molecule has 0 atom stereocenters. The minimum atomic E-state index is 0. The minimum Gasteiger partial charge on any atom is -0.454 e. The van der Waals surface area contributed by atoms with Crippen molar-refractivity contribution < 1.29 is 4.42 Å². The van der Waals surface area contributed by atoms with Crippen LogP contribution < -0.4 is 5.32 Å². The Morgan fingerprint density at radius 2 is 2.15 bits per heavy atom. The summed E-state index contributed by atoms with van der Waals surface area (Å²) in [5, 5.41) is 7.94. The number of aromatic nitrogens is 2. The zero-order valence-corrected chi connectivity index (χ0v) is 20.0. The molecule has 0 saturated carbocycles. The molecule has 2 rings (SSSR count). The second-order valence-corrected chi connectivity index (χ2v) is 7.20. The quantitative estimate of drug-likeness (QED) is 0.327. The maximum absolute atomic E-state index is 5.53. The van der Waals surface area contributed by atoms with Gasteiger partial charge in [-0.1, -0.05) is 13.8 Å². The van der Waals surface area contributed by atoms with Crippen LogP contribution in [0.2, 0.25) is 0 Å². The van der Waals surface area contributed by atoms with Crippen LogP contribution in [0.1, 0.15) is 43.7 Å². The molecule has 0 aliphatic carbocycles. The van der Waals surface area contributed by atoms with Crippen LogP contribution in [0.4, 0.5) is 0 Å². The molecule has 0 spiro atoms. The van der Waals surface area contributed by atoms with Gasteiger partial charge in [-0.3, -0.25) is 9.67 Å². The molecule has 1 N–H and O–H groups in total. The van der Waals surface area contributed by atoms with Crippen molar-refractivity contribution in [3.63, 3.8) is 0 Å². The van der Waals surface area contributed by atoms with E-state index >= 15 is 0 Å². The van der Waals surface area contributed by atoms with Crippen molar-refractivity contribution in [2.24, 2.45) is 12.0 Å². The lowest BCUT2D eigenvalue weighted by molar-refractivity contribution is 0.469. The van der Waals surface area contributed by atoms with E-state index in [0.717, 1.165) is 41.6 Å². The molecule has 2 aromatic heterocycles. The number of hydrogen-bond acceptors (Lipinski definition) is 3. The average Bonchev–Trinajstić information content (AvgIpc) is 3.12. The molecule has 0 bridgehead atoms. The highest BCUT2D eigenvalue weighted by Gasteiger charge is 2.15. The zero-order valence-electron chi connectivity index (χ0n) is 16.1. The maximum atomic E-state index is 5.53. The van der Waals surface area contributed by atoms with Crippen molar-refractivity contribution in [2.45, 2.75) is 39.7 Å². The Morgan fingerprint density at radius 1 is 1.42 bits per heavy atom. The van der Waals surface area contributed by atoms with Crippen LogP contribution in [0.3, 0.4) is 0 Å². The predicted molar refractivity (Wildman–Crippen MR) is 120 cm³/mol. The van der Waals surface area contributed by atoms with Gasteiger partial charge >= 0.3 is 0 Å². The fourth-order valence-electron chi connectivity index (χ4n) is 2.72. The third kappa shape index (κ3) is 6.61. The Kier molecular flexibility index (Phi) is 9.70. The highest BCUT2D eigenvalue weighted by atomic mass is 127. The van der Waals surface area contributed by atoms with Gasteiger partial charge in [0.2, 0.25) is 0 Å². The Balaban J connectivity index is 0.00000338. The number of rotatable bonds is 7. The van der Waals surface area contributed by atoms with Crippen molar-refractivity contribution in [3.8, 4) is 0 Å². The summed E-state index contributed by atoms with van der Waals surface area (Å²) >= 11 is 3.33. The van der Waals surface area contributed by atoms with Crippen LogP contribution >= 0.6 is 39.9 Å². The van der Waals surface area contributed by atoms with Gasteiger partial charge in [0.15, 0.2) is 10.6 Å². The fraction of sp³-hybridized carbons (Fsp3) is 0.556. The Morgan fingerprint density at radius 3 is 2.73 bits per heavy atom. The van der Waals surface area contributed by atoms with E-state index in [2.05, 4.69) is 65.3 Å². The normalized spacial score (nSPS) is 11.6. The van der Waals surface area contributed by atoms with E-state index in [0.29, 0.717) is 12.5 Å². The first-order valence-corrected chi connectivity index (χ1v) is 9.46. The molecule has 0 radical (unpaired) electrons.